The molecule has 28 heavy (non-hydrogen) atoms. The molecule has 0 bridgehead atoms. The van der Waals surface area contributed by atoms with Crippen LogP contribution in [0.4, 0.5) is 5.13 Å². The number of nitrogens with zero attached hydrogens (tertiary/aromatic N) is 4. The van der Waals surface area contributed by atoms with E-state index in [-0.39, 0.29) is 36.5 Å². The van der Waals surface area contributed by atoms with Crippen molar-refractivity contribution in [3.8, 4) is 0 Å². The predicted molar refractivity (Wildman–Crippen MR) is 103 cm³/mol. The molecule has 2 amide bonds. The second kappa shape index (κ2) is 11.0. The van der Waals surface area contributed by atoms with Crippen LogP contribution in [0.3, 0.4) is 0 Å². The van der Waals surface area contributed by atoms with Crippen molar-refractivity contribution in [2.45, 2.75) is 26.2 Å². The molecule has 1 atom stereocenters. The van der Waals surface area contributed by atoms with Gasteiger partial charge < -0.3 is 15.2 Å². The first-order valence-electron chi connectivity index (χ1n) is 9.25. The van der Waals surface area contributed by atoms with Crippen LogP contribution >= 0.6 is 11.3 Å². The van der Waals surface area contributed by atoms with Gasteiger partial charge in [0, 0.05) is 45.1 Å². The van der Waals surface area contributed by atoms with E-state index in [0.717, 1.165) is 37.9 Å². The Morgan fingerprint density at radius 1 is 1.39 bits per heavy atom. The number of amides is 2. The second-order valence-electron chi connectivity index (χ2n) is 6.83. The van der Waals surface area contributed by atoms with E-state index in [1.54, 1.807) is 4.90 Å². The lowest BCUT2D eigenvalue weighted by molar-refractivity contribution is -0.126. The molecule has 0 aliphatic carbocycles. The van der Waals surface area contributed by atoms with E-state index in [1.807, 2.05) is 13.8 Å². The monoisotopic (exact) mass is 413 g/mol. The van der Waals surface area contributed by atoms with Gasteiger partial charge in [0.1, 0.15) is 5.01 Å². The van der Waals surface area contributed by atoms with E-state index in [9.17, 15) is 9.59 Å². The molecule has 2 aliphatic rings. The van der Waals surface area contributed by atoms with Crippen LogP contribution < -0.4 is 10.2 Å². The molecule has 3 rings (SSSR count). The van der Waals surface area contributed by atoms with Crippen LogP contribution in [0.2, 0.25) is 0 Å². The summed E-state index contributed by atoms with van der Waals surface area (Å²) in [6.07, 6.45) is 0.236. The summed E-state index contributed by atoms with van der Waals surface area (Å²) >= 11 is 1.43. The van der Waals surface area contributed by atoms with Crippen LogP contribution in [-0.4, -0.2) is 84.4 Å². The molecule has 2 N–H and O–H groups in total. The molecule has 11 heteroatoms. The lowest BCUT2D eigenvalue weighted by Crippen LogP contribution is -2.42. The minimum atomic E-state index is -0.316. The Morgan fingerprint density at radius 2 is 2.07 bits per heavy atom. The highest BCUT2D eigenvalue weighted by Crippen LogP contribution is 2.30. The Kier molecular flexibility index (Phi) is 8.74. The van der Waals surface area contributed by atoms with Gasteiger partial charge >= 0.3 is 0 Å². The zero-order valence-corrected chi connectivity index (χ0v) is 17.0. The van der Waals surface area contributed by atoms with Crippen LogP contribution in [0.5, 0.6) is 0 Å². The van der Waals surface area contributed by atoms with Gasteiger partial charge in [-0.25, -0.2) is 0 Å². The minimum absolute atomic E-state index is 0.0558. The van der Waals surface area contributed by atoms with Crippen LogP contribution in [0, 0.1) is 5.92 Å². The standard InChI is InChI=1S/C16H25N5O3S.CH2O2/c1-11(2)15-18-19-16(25-15)21-10-12(9-13(21)22)14(23)17-3-4-20-5-7-24-8-6-20;2-1-3/h11-12H,3-10H2,1-2H3,(H,17,23);1H,(H,2,3). The van der Waals surface area contributed by atoms with Crippen molar-refractivity contribution >= 4 is 34.8 Å². The van der Waals surface area contributed by atoms with E-state index in [2.05, 4.69) is 20.4 Å². The summed E-state index contributed by atoms with van der Waals surface area (Å²) in [6, 6.07) is 0. The van der Waals surface area contributed by atoms with Gasteiger partial charge in [-0.3, -0.25) is 24.2 Å². The molecule has 1 aromatic rings. The molecule has 0 radical (unpaired) electrons. The number of carbonyl (C=O) groups is 3. The van der Waals surface area contributed by atoms with Gasteiger partial charge in [-0.05, 0) is 0 Å². The van der Waals surface area contributed by atoms with E-state index < -0.39 is 0 Å². The maximum absolute atomic E-state index is 12.4. The van der Waals surface area contributed by atoms with Crippen molar-refractivity contribution in [2.24, 2.45) is 5.92 Å². The van der Waals surface area contributed by atoms with Crippen LogP contribution in [0.15, 0.2) is 0 Å². The fourth-order valence-corrected chi connectivity index (χ4v) is 3.82. The highest BCUT2D eigenvalue weighted by Gasteiger charge is 2.36. The highest BCUT2D eigenvalue weighted by atomic mass is 32.1. The predicted octanol–water partition coefficient (Wildman–Crippen LogP) is 0.164. The molecule has 1 aromatic heterocycles. The number of ether oxygens (including phenoxy) is 1. The second-order valence-corrected chi connectivity index (χ2v) is 7.82. The topological polar surface area (TPSA) is 125 Å². The largest absolute Gasteiger partial charge is 0.483 e. The minimum Gasteiger partial charge on any atom is -0.483 e. The van der Waals surface area contributed by atoms with Crippen LogP contribution in [0.1, 0.15) is 31.2 Å². The summed E-state index contributed by atoms with van der Waals surface area (Å²) in [5.74, 6) is -0.149. The Labute approximate surface area is 167 Å². The zero-order chi connectivity index (χ0) is 20.5. The van der Waals surface area contributed by atoms with Crippen molar-refractivity contribution in [1.82, 2.24) is 20.4 Å². The number of hydrogen-bond donors (Lipinski definition) is 2. The summed E-state index contributed by atoms with van der Waals surface area (Å²) in [5.41, 5.74) is 0. The summed E-state index contributed by atoms with van der Waals surface area (Å²) in [4.78, 5) is 36.8. The molecule has 0 aromatic carbocycles. The lowest BCUT2D eigenvalue weighted by atomic mass is 10.1. The van der Waals surface area contributed by atoms with Gasteiger partial charge in [-0.1, -0.05) is 25.2 Å². The molecule has 10 nitrogen and oxygen atoms in total. The average molecular weight is 414 g/mol. The number of nitrogens with one attached hydrogen (secondary N) is 1. The molecule has 3 heterocycles. The van der Waals surface area contributed by atoms with E-state index >= 15 is 0 Å². The third-order valence-corrected chi connectivity index (χ3v) is 5.73. The number of rotatable bonds is 6. The van der Waals surface area contributed by atoms with Gasteiger partial charge in [0.25, 0.3) is 6.47 Å². The third-order valence-electron chi connectivity index (χ3n) is 4.48. The summed E-state index contributed by atoms with van der Waals surface area (Å²) in [5, 5.41) is 19.6. The van der Waals surface area contributed by atoms with Crippen molar-refractivity contribution in [1.29, 1.82) is 0 Å². The number of aromatic nitrogens is 2. The molecule has 156 valence electrons. The number of carboxylic acid groups (broad SMARTS) is 1. The lowest BCUT2D eigenvalue weighted by Gasteiger charge is -2.26. The fourth-order valence-electron chi connectivity index (χ4n) is 2.94. The SMILES string of the molecule is CC(C)c1nnc(N2CC(C(=O)NCCN3CCOCC3)CC2=O)s1.O=CO. The van der Waals surface area contributed by atoms with Crippen LogP contribution in [0.25, 0.3) is 0 Å². The van der Waals surface area contributed by atoms with E-state index in [0.29, 0.717) is 18.2 Å². The van der Waals surface area contributed by atoms with Gasteiger partial charge in [-0.2, -0.15) is 0 Å². The van der Waals surface area contributed by atoms with Crippen molar-refractivity contribution < 1.29 is 24.2 Å². The first-order chi connectivity index (χ1) is 13.5. The highest BCUT2D eigenvalue weighted by molar-refractivity contribution is 7.15. The fraction of sp³-hybridized carbons (Fsp3) is 0.706. The van der Waals surface area contributed by atoms with Gasteiger partial charge in [-0.15, -0.1) is 10.2 Å². The summed E-state index contributed by atoms with van der Waals surface area (Å²) < 4.78 is 5.31. The molecule has 2 saturated heterocycles. The summed E-state index contributed by atoms with van der Waals surface area (Å²) in [7, 11) is 0. The molecule has 2 aliphatic heterocycles. The number of anilines is 1. The normalized spacial score (nSPS) is 20.0. The number of carbonyl (C=O) groups excluding carboxylic acids is 2. The smallest absolute Gasteiger partial charge is 0.290 e. The maximum atomic E-state index is 12.4. The van der Waals surface area contributed by atoms with Crippen LogP contribution in [-0.2, 0) is 19.1 Å². The average Bonchev–Trinajstić information content (AvgIpc) is 3.30. The molecule has 2 fully saturated rings. The first-order valence-corrected chi connectivity index (χ1v) is 10.1. The first kappa shape index (κ1) is 22.2. The number of morpholine rings is 1. The van der Waals surface area contributed by atoms with Gasteiger partial charge in [0.05, 0.1) is 19.1 Å². The third kappa shape index (κ3) is 6.21. The zero-order valence-electron chi connectivity index (χ0n) is 16.2. The Bertz CT molecular complexity index is 662. The molecular formula is C17H27N5O5S. The summed E-state index contributed by atoms with van der Waals surface area (Å²) in [6.45, 7) is 8.94. The number of hydrogen-bond acceptors (Lipinski definition) is 8. The van der Waals surface area contributed by atoms with Crippen molar-refractivity contribution in [3.63, 3.8) is 0 Å². The van der Waals surface area contributed by atoms with Crippen molar-refractivity contribution in [2.75, 3.05) is 50.8 Å². The molecule has 0 spiro atoms. The van der Waals surface area contributed by atoms with Crippen molar-refractivity contribution in [3.05, 3.63) is 5.01 Å². The van der Waals surface area contributed by atoms with E-state index in [1.165, 1.54) is 11.3 Å². The quantitative estimate of drug-likeness (QED) is 0.632. The molecule has 0 saturated carbocycles. The molecule has 1 unspecified atom stereocenters. The Balaban J connectivity index is 0.000000878. The van der Waals surface area contributed by atoms with E-state index in [4.69, 9.17) is 14.6 Å². The maximum Gasteiger partial charge on any atom is 0.290 e. The van der Waals surface area contributed by atoms with Gasteiger partial charge in [0.2, 0.25) is 16.9 Å². The Morgan fingerprint density at radius 3 is 2.68 bits per heavy atom. The van der Waals surface area contributed by atoms with Gasteiger partial charge in [0.15, 0.2) is 0 Å². The molecular weight excluding hydrogens is 386 g/mol. The Hall–Kier alpha value is -2.11.